The van der Waals surface area contributed by atoms with Crippen molar-refractivity contribution in [1.82, 2.24) is 0 Å². The second-order valence-corrected chi connectivity index (χ2v) is 8.85. The van der Waals surface area contributed by atoms with Crippen molar-refractivity contribution in [1.29, 1.82) is 5.26 Å². The molecule has 0 saturated heterocycles. The highest BCUT2D eigenvalue weighted by atomic mass is 32.2. The number of nitriles is 1. The van der Waals surface area contributed by atoms with Crippen LogP contribution in [-0.4, -0.2) is 39.1 Å². The molecule has 1 aliphatic heterocycles. The van der Waals surface area contributed by atoms with Crippen LogP contribution in [0.4, 0.5) is 5.69 Å². The number of rotatable bonds is 9. The molecule has 7 nitrogen and oxygen atoms in total. The third-order valence-corrected chi connectivity index (χ3v) is 6.27. The molecule has 1 aliphatic rings. The van der Waals surface area contributed by atoms with Gasteiger partial charge in [0.15, 0.2) is 18.1 Å². The summed E-state index contributed by atoms with van der Waals surface area (Å²) in [4.78, 5) is 28.0. The predicted octanol–water partition coefficient (Wildman–Crippen LogP) is 4.82. The number of carbonyl (C=O) groups excluding carboxylic acids is 2. The molecule has 8 heteroatoms. The van der Waals surface area contributed by atoms with Crippen molar-refractivity contribution >= 4 is 29.2 Å². The van der Waals surface area contributed by atoms with E-state index in [-0.39, 0.29) is 11.1 Å². The van der Waals surface area contributed by atoms with Crippen LogP contribution < -0.4 is 14.4 Å². The van der Waals surface area contributed by atoms with Crippen LogP contribution in [0.5, 0.6) is 11.5 Å². The Bertz CT molecular complexity index is 1120. The molecule has 0 N–H and O–H groups in total. The average Bonchev–Trinajstić information content (AvgIpc) is 3.14. The first kappa shape index (κ1) is 24.2. The molecule has 3 rings (SSSR count). The minimum Gasteiger partial charge on any atom is -0.493 e. The smallest absolute Gasteiger partial charge is 0.338 e. The Kier molecular flexibility index (Phi) is 8.01. The van der Waals surface area contributed by atoms with Gasteiger partial charge in [-0.25, -0.2) is 4.79 Å². The molecule has 0 aromatic heterocycles. The van der Waals surface area contributed by atoms with Gasteiger partial charge in [0.25, 0.3) is 0 Å². The molecular weight excluding hydrogens is 440 g/mol. The van der Waals surface area contributed by atoms with E-state index in [0.29, 0.717) is 29.1 Å². The van der Waals surface area contributed by atoms with Crippen LogP contribution in [0.1, 0.15) is 30.6 Å². The molecular formula is C25H26N2O5S. The molecule has 1 heterocycles. The van der Waals surface area contributed by atoms with Gasteiger partial charge in [0.05, 0.1) is 25.0 Å². The summed E-state index contributed by atoms with van der Waals surface area (Å²) in [6.45, 7) is 4.22. The largest absolute Gasteiger partial charge is 0.493 e. The highest BCUT2D eigenvalue weighted by Crippen LogP contribution is 2.46. The second-order valence-electron chi connectivity index (χ2n) is 7.82. The van der Waals surface area contributed by atoms with E-state index in [1.807, 2.05) is 30.3 Å². The van der Waals surface area contributed by atoms with Crippen molar-refractivity contribution in [2.24, 2.45) is 5.92 Å². The molecule has 0 bridgehead atoms. The van der Waals surface area contributed by atoms with Gasteiger partial charge in [-0.3, -0.25) is 4.79 Å². The van der Waals surface area contributed by atoms with Gasteiger partial charge in [0.2, 0.25) is 5.78 Å². The van der Waals surface area contributed by atoms with E-state index in [2.05, 4.69) is 13.8 Å². The van der Waals surface area contributed by atoms with E-state index >= 15 is 0 Å². The van der Waals surface area contributed by atoms with Crippen LogP contribution in [-0.2, 0) is 9.53 Å². The molecule has 0 atom stereocenters. The third-order valence-electron chi connectivity index (χ3n) is 5.03. The monoisotopic (exact) mass is 466 g/mol. The van der Waals surface area contributed by atoms with E-state index in [4.69, 9.17) is 14.2 Å². The van der Waals surface area contributed by atoms with Crippen LogP contribution in [0.25, 0.3) is 0 Å². The number of hydrogen-bond donors (Lipinski definition) is 0. The van der Waals surface area contributed by atoms with Gasteiger partial charge < -0.3 is 19.1 Å². The van der Waals surface area contributed by atoms with Crippen molar-refractivity contribution in [2.45, 2.75) is 25.2 Å². The fourth-order valence-electron chi connectivity index (χ4n) is 3.16. The van der Waals surface area contributed by atoms with Crippen LogP contribution in [0.2, 0.25) is 0 Å². The molecule has 0 aliphatic carbocycles. The van der Waals surface area contributed by atoms with Gasteiger partial charge in [-0.2, -0.15) is 5.26 Å². The zero-order chi connectivity index (χ0) is 24.0. The van der Waals surface area contributed by atoms with Crippen molar-refractivity contribution in [2.75, 3.05) is 32.3 Å². The van der Waals surface area contributed by atoms with Crippen LogP contribution in [0, 0.1) is 17.2 Å². The molecule has 2 aromatic carbocycles. The van der Waals surface area contributed by atoms with E-state index in [9.17, 15) is 14.9 Å². The lowest BCUT2D eigenvalue weighted by Crippen LogP contribution is -2.20. The maximum absolute atomic E-state index is 12.7. The number of benzene rings is 2. The average molecular weight is 467 g/mol. The fraction of sp³-hybridized carbons (Fsp3) is 0.320. The van der Waals surface area contributed by atoms with Gasteiger partial charge >= 0.3 is 5.97 Å². The Morgan fingerprint density at radius 1 is 1.15 bits per heavy atom. The Labute approximate surface area is 197 Å². The van der Waals surface area contributed by atoms with Crippen LogP contribution >= 0.6 is 11.8 Å². The van der Waals surface area contributed by atoms with Gasteiger partial charge in [-0.15, -0.1) is 0 Å². The van der Waals surface area contributed by atoms with Gasteiger partial charge in [0.1, 0.15) is 16.7 Å². The number of anilines is 1. The van der Waals surface area contributed by atoms with Crippen LogP contribution in [0.3, 0.4) is 0 Å². The lowest BCUT2D eigenvalue weighted by atomic mass is 10.1. The minimum atomic E-state index is -0.687. The Hall–Kier alpha value is -3.44. The van der Waals surface area contributed by atoms with Crippen molar-refractivity contribution in [3.8, 4) is 17.6 Å². The van der Waals surface area contributed by atoms with E-state index in [0.717, 1.165) is 17.0 Å². The summed E-state index contributed by atoms with van der Waals surface area (Å²) >= 11 is 1.34. The van der Waals surface area contributed by atoms with E-state index in [1.165, 1.54) is 24.9 Å². The minimum absolute atomic E-state index is 0.0435. The lowest BCUT2D eigenvalue weighted by molar-refractivity contribution is -0.118. The first-order valence-electron chi connectivity index (χ1n) is 10.5. The third kappa shape index (κ3) is 5.68. The number of methoxy groups -OCH3 is 1. The number of esters is 1. The summed E-state index contributed by atoms with van der Waals surface area (Å²) in [6.07, 6.45) is 0.893. The summed E-state index contributed by atoms with van der Waals surface area (Å²) in [5, 5.41) is 10.1. The number of ketones is 1. The van der Waals surface area contributed by atoms with Gasteiger partial charge in [0, 0.05) is 11.9 Å². The number of fused-ring (bicyclic) bond motifs is 1. The number of thioether (sulfide) groups is 1. The maximum atomic E-state index is 12.7. The molecule has 33 heavy (non-hydrogen) atoms. The molecule has 2 aromatic rings. The van der Waals surface area contributed by atoms with Gasteiger partial charge in [-0.05, 0) is 42.7 Å². The summed E-state index contributed by atoms with van der Waals surface area (Å²) < 4.78 is 16.3. The van der Waals surface area contributed by atoms with Crippen molar-refractivity contribution < 1.29 is 23.8 Å². The molecule has 0 unspecified atom stereocenters. The van der Waals surface area contributed by atoms with Gasteiger partial charge in [-0.1, -0.05) is 37.7 Å². The lowest BCUT2D eigenvalue weighted by Gasteiger charge is -2.15. The summed E-state index contributed by atoms with van der Waals surface area (Å²) in [6, 6.07) is 14.3. The number of Topliss-reactive ketones (excluding diaryl/α,β-unsaturated/α-hetero) is 1. The topological polar surface area (TPSA) is 88.9 Å². The molecule has 0 radical (unpaired) electrons. The SMILES string of the molecule is COc1cc(C(=O)OCC(=O)/C(C#N)=C2\Sc3ccccc3N2C)ccc1OCCC(C)C. The first-order chi connectivity index (χ1) is 15.8. The maximum Gasteiger partial charge on any atom is 0.338 e. The fourth-order valence-corrected chi connectivity index (χ4v) is 4.32. The Morgan fingerprint density at radius 3 is 2.58 bits per heavy atom. The number of hydrogen-bond acceptors (Lipinski definition) is 8. The number of para-hydroxylation sites is 1. The van der Waals surface area contributed by atoms with Crippen molar-refractivity contribution in [3.63, 3.8) is 0 Å². The molecule has 0 saturated carbocycles. The molecule has 0 spiro atoms. The Morgan fingerprint density at radius 2 is 1.91 bits per heavy atom. The summed E-state index contributed by atoms with van der Waals surface area (Å²) in [7, 11) is 3.28. The number of nitrogens with zero attached hydrogens (tertiary/aromatic N) is 2. The van der Waals surface area contributed by atoms with E-state index < -0.39 is 18.4 Å². The normalized spacial score (nSPS) is 13.9. The standard InChI is InChI=1S/C25H26N2O5S/c1-16(2)11-12-31-21-10-9-17(13-22(21)30-4)25(29)32-15-20(28)18(14-26)24-27(3)19-7-5-6-8-23(19)33-24/h5-10,13,16H,11-12,15H2,1-4H3/b24-18-. The zero-order valence-corrected chi connectivity index (χ0v) is 19.9. The summed E-state index contributed by atoms with van der Waals surface area (Å²) in [5.74, 6) is 0.193. The highest BCUT2D eigenvalue weighted by molar-refractivity contribution is 8.03. The quantitative estimate of drug-likeness (QED) is 0.295. The highest BCUT2D eigenvalue weighted by Gasteiger charge is 2.28. The molecule has 0 fully saturated rings. The number of ether oxygens (including phenoxy) is 3. The first-order valence-corrected chi connectivity index (χ1v) is 11.3. The molecule has 0 amide bonds. The van der Waals surface area contributed by atoms with Crippen LogP contribution in [0.15, 0.2) is 58.0 Å². The summed E-state index contributed by atoms with van der Waals surface area (Å²) in [5.41, 5.74) is 1.10. The predicted molar refractivity (Wildman–Crippen MR) is 127 cm³/mol. The number of carbonyl (C=O) groups is 2. The second kappa shape index (κ2) is 10.9. The zero-order valence-electron chi connectivity index (χ0n) is 19.1. The Balaban J connectivity index is 1.66. The molecule has 172 valence electrons. The van der Waals surface area contributed by atoms with E-state index in [1.54, 1.807) is 24.1 Å². The van der Waals surface area contributed by atoms with Crippen molar-refractivity contribution in [3.05, 3.63) is 58.6 Å².